The number of methoxy groups -OCH3 is 1. The highest BCUT2D eigenvalue weighted by Crippen LogP contribution is 2.12. The zero-order valence-corrected chi connectivity index (χ0v) is 10.3. The molecular weight excluding hydrogens is 220 g/mol. The van der Waals surface area contributed by atoms with Gasteiger partial charge in [0.2, 0.25) is 0 Å². The highest BCUT2D eigenvalue weighted by atomic mass is 16.5. The van der Waals surface area contributed by atoms with Crippen LogP contribution in [0.5, 0.6) is 0 Å². The van der Waals surface area contributed by atoms with Gasteiger partial charge in [-0.3, -0.25) is 9.58 Å². The summed E-state index contributed by atoms with van der Waals surface area (Å²) in [4.78, 5) is 13.9. The number of nitrogens with one attached hydrogen (secondary N) is 1. The second-order valence-corrected chi connectivity index (χ2v) is 4.15. The molecule has 0 radical (unpaired) electrons. The first-order chi connectivity index (χ1) is 8.22. The average molecular weight is 238 g/mol. The van der Waals surface area contributed by atoms with E-state index in [1.165, 1.54) is 7.11 Å². The molecule has 0 amide bonds. The summed E-state index contributed by atoms with van der Waals surface area (Å²) < 4.78 is 6.50. The number of rotatable bonds is 3. The Morgan fingerprint density at radius 1 is 1.53 bits per heavy atom. The number of carbonyl (C=O) groups is 1. The molecule has 1 N–H and O–H groups in total. The van der Waals surface area contributed by atoms with Crippen LogP contribution in [0, 0.1) is 0 Å². The molecule has 0 atom stereocenters. The van der Waals surface area contributed by atoms with Gasteiger partial charge in [-0.15, -0.1) is 0 Å². The SMILES string of the molecule is COC(=O)c1cnn(C)c1CN1CCNCC1. The summed E-state index contributed by atoms with van der Waals surface area (Å²) in [5.41, 5.74) is 1.48. The minimum Gasteiger partial charge on any atom is -0.465 e. The van der Waals surface area contributed by atoms with Gasteiger partial charge in [-0.25, -0.2) is 4.79 Å². The van der Waals surface area contributed by atoms with Gasteiger partial charge >= 0.3 is 5.97 Å². The number of hydrogen-bond acceptors (Lipinski definition) is 5. The van der Waals surface area contributed by atoms with Crippen molar-refractivity contribution in [3.63, 3.8) is 0 Å². The summed E-state index contributed by atoms with van der Waals surface area (Å²) in [6.45, 7) is 4.71. The van der Waals surface area contributed by atoms with E-state index in [1.54, 1.807) is 10.9 Å². The predicted molar refractivity (Wildman–Crippen MR) is 62.7 cm³/mol. The van der Waals surface area contributed by atoms with Crippen LogP contribution in [0.25, 0.3) is 0 Å². The Bertz CT molecular complexity index is 396. The molecule has 1 aliphatic rings. The van der Waals surface area contributed by atoms with E-state index < -0.39 is 0 Å². The van der Waals surface area contributed by atoms with Crippen molar-refractivity contribution < 1.29 is 9.53 Å². The molecule has 0 saturated carbocycles. The Kier molecular flexibility index (Phi) is 3.75. The van der Waals surface area contributed by atoms with Gasteiger partial charge < -0.3 is 10.1 Å². The summed E-state index contributed by atoms with van der Waals surface area (Å²) in [6.07, 6.45) is 1.57. The van der Waals surface area contributed by atoms with Crippen molar-refractivity contribution in [2.45, 2.75) is 6.54 Å². The van der Waals surface area contributed by atoms with Crippen molar-refractivity contribution >= 4 is 5.97 Å². The number of piperazine rings is 1. The van der Waals surface area contributed by atoms with Crippen LogP contribution < -0.4 is 5.32 Å². The van der Waals surface area contributed by atoms with Gasteiger partial charge in [0.05, 0.1) is 19.0 Å². The number of esters is 1. The number of hydrogen-bond donors (Lipinski definition) is 1. The van der Waals surface area contributed by atoms with E-state index in [0.29, 0.717) is 5.56 Å². The van der Waals surface area contributed by atoms with Crippen LogP contribution in [0.2, 0.25) is 0 Å². The zero-order chi connectivity index (χ0) is 12.3. The third kappa shape index (κ3) is 2.65. The smallest absolute Gasteiger partial charge is 0.341 e. The van der Waals surface area contributed by atoms with Crippen LogP contribution in [0.4, 0.5) is 0 Å². The van der Waals surface area contributed by atoms with Crippen molar-refractivity contribution in [1.29, 1.82) is 0 Å². The van der Waals surface area contributed by atoms with E-state index in [9.17, 15) is 4.79 Å². The third-order valence-corrected chi connectivity index (χ3v) is 3.05. The summed E-state index contributed by atoms with van der Waals surface area (Å²) in [5.74, 6) is -0.316. The minimum atomic E-state index is -0.316. The lowest BCUT2D eigenvalue weighted by Crippen LogP contribution is -2.43. The number of carbonyl (C=O) groups excluding carboxylic acids is 1. The lowest BCUT2D eigenvalue weighted by atomic mass is 10.2. The van der Waals surface area contributed by atoms with Crippen molar-refractivity contribution in [3.8, 4) is 0 Å². The fourth-order valence-corrected chi connectivity index (χ4v) is 2.01. The first-order valence-corrected chi connectivity index (χ1v) is 5.74. The number of ether oxygens (including phenoxy) is 1. The lowest BCUT2D eigenvalue weighted by molar-refractivity contribution is 0.0597. The van der Waals surface area contributed by atoms with E-state index in [2.05, 4.69) is 15.3 Å². The van der Waals surface area contributed by atoms with E-state index in [4.69, 9.17) is 4.74 Å². The van der Waals surface area contributed by atoms with E-state index in [1.807, 2.05) is 7.05 Å². The highest BCUT2D eigenvalue weighted by Gasteiger charge is 2.19. The quantitative estimate of drug-likeness (QED) is 0.727. The maximum atomic E-state index is 11.6. The molecule has 1 aliphatic heterocycles. The largest absolute Gasteiger partial charge is 0.465 e. The van der Waals surface area contributed by atoms with E-state index >= 15 is 0 Å². The summed E-state index contributed by atoms with van der Waals surface area (Å²) in [7, 11) is 3.24. The molecule has 0 aromatic carbocycles. The molecule has 2 heterocycles. The molecule has 0 bridgehead atoms. The van der Waals surface area contributed by atoms with Gasteiger partial charge in [0.25, 0.3) is 0 Å². The van der Waals surface area contributed by atoms with Gasteiger partial charge in [-0.2, -0.15) is 5.10 Å². The van der Waals surface area contributed by atoms with Gasteiger partial charge in [-0.1, -0.05) is 0 Å². The van der Waals surface area contributed by atoms with Crippen LogP contribution in [0.15, 0.2) is 6.20 Å². The molecule has 6 nitrogen and oxygen atoms in total. The minimum absolute atomic E-state index is 0.316. The van der Waals surface area contributed by atoms with Gasteiger partial charge in [0.15, 0.2) is 0 Å². The van der Waals surface area contributed by atoms with Crippen LogP contribution in [-0.4, -0.2) is 53.9 Å². The monoisotopic (exact) mass is 238 g/mol. The van der Waals surface area contributed by atoms with Crippen LogP contribution in [0.3, 0.4) is 0 Å². The molecule has 1 fully saturated rings. The lowest BCUT2D eigenvalue weighted by Gasteiger charge is -2.27. The van der Waals surface area contributed by atoms with Crippen molar-refractivity contribution in [2.75, 3.05) is 33.3 Å². The van der Waals surface area contributed by atoms with Crippen molar-refractivity contribution in [3.05, 3.63) is 17.5 Å². The zero-order valence-electron chi connectivity index (χ0n) is 10.3. The summed E-state index contributed by atoms with van der Waals surface area (Å²) in [6, 6.07) is 0. The molecule has 1 saturated heterocycles. The van der Waals surface area contributed by atoms with E-state index in [0.717, 1.165) is 38.4 Å². The van der Waals surface area contributed by atoms with Gasteiger partial charge in [-0.05, 0) is 0 Å². The summed E-state index contributed by atoms with van der Waals surface area (Å²) in [5, 5.41) is 7.43. The van der Waals surface area contributed by atoms with Gasteiger partial charge in [0, 0.05) is 39.8 Å². The van der Waals surface area contributed by atoms with Crippen molar-refractivity contribution in [2.24, 2.45) is 7.05 Å². The Morgan fingerprint density at radius 3 is 2.88 bits per heavy atom. The fraction of sp³-hybridized carbons (Fsp3) is 0.636. The first-order valence-electron chi connectivity index (χ1n) is 5.74. The number of aromatic nitrogens is 2. The molecule has 94 valence electrons. The Morgan fingerprint density at radius 2 is 2.24 bits per heavy atom. The molecule has 0 aliphatic carbocycles. The van der Waals surface area contributed by atoms with Crippen LogP contribution >= 0.6 is 0 Å². The normalized spacial score (nSPS) is 17.1. The Hall–Kier alpha value is -1.40. The second-order valence-electron chi connectivity index (χ2n) is 4.15. The van der Waals surface area contributed by atoms with Crippen molar-refractivity contribution in [1.82, 2.24) is 20.0 Å². The number of aryl methyl sites for hydroxylation is 1. The summed E-state index contributed by atoms with van der Waals surface area (Å²) >= 11 is 0. The molecule has 6 heteroatoms. The standard InChI is InChI=1S/C11H18N4O2/c1-14-10(8-15-5-3-12-4-6-15)9(7-13-14)11(16)17-2/h7,12H,3-6,8H2,1-2H3. The molecule has 17 heavy (non-hydrogen) atoms. The molecular formula is C11H18N4O2. The third-order valence-electron chi connectivity index (χ3n) is 3.05. The maximum absolute atomic E-state index is 11.6. The molecule has 0 unspecified atom stereocenters. The first kappa shape index (κ1) is 12.1. The molecule has 1 aromatic rings. The van der Waals surface area contributed by atoms with Crippen LogP contribution in [0.1, 0.15) is 16.1 Å². The number of nitrogens with zero attached hydrogens (tertiary/aromatic N) is 3. The Balaban J connectivity index is 2.13. The average Bonchev–Trinajstić information content (AvgIpc) is 2.72. The highest BCUT2D eigenvalue weighted by molar-refractivity contribution is 5.90. The molecule has 1 aromatic heterocycles. The van der Waals surface area contributed by atoms with Crippen LogP contribution in [-0.2, 0) is 18.3 Å². The molecule has 2 rings (SSSR count). The predicted octanol–water partition coefficient (Wildman–Crippen LogP) is -0.388. The Labute approximate surface area is 101 Å². The molecule has 0 spiro atoms. The van der Waals surface area contributed by atoms with Gasteiger partial charge in [0.1, 0.15) is 5.56 Å². The fourth-order valence-electron chi connectivity index (χ4n) is 2.01. The second kappa shape index (κ2) is 5.29. The van der Waals surface area contributed by atoms with E-state index in [-0.39, 0.29) is 5.97 Å². The topological polar surface area (TPSA) is 59.4 Å². The maximum Gasteiger partial charge on any atom is 0.341 e.